The number of hydrogen-bond acceptors (Lipinski definition) is 3. The van der Waals surface area contributed by atoms with Crippen LogP contribution < -0.4 is 5.32 Å². The maximum absolute atomic E-state index is 4.31. The molecule has 1 N–H and O–H groups in total. The number of hydrogen-bond donors (Lipinski definition) is 1. The molecule has 1 heterocycles. The van der Waals surface area contributed by atoms with Gasteiger partial charge in [-0.05, 0) is 35.2 Å². The second-order valence-electron chi connectivity index (χ2n) is 4.44. The molecule has 1 aromatic heterocycles. The predicted octanol–water partition coefficient (Wildman–Crippen LogP) is 3.79. The van der Waals surface area contributed by atoms with Gasteiger partial charge < -0.3 is 5.32 Å². The van der Waals surface area contributed by atoms with E-state index in [0.717, 1.165) is 28.7 Å². The quantitative estimate of drug-likeness (QED) is 0.638. The molecule has 0 saturated heterocycles. The van der Waals surface area contributed by atoms with Gasteiger partial charge >= 0.3 is 0 Å². The van der Waals surface area contributed by atoms with Crippen LogP contribution in [0.3, 0.4) is 0 Å². The minimum atomic E-state index is 0.791. The van der Waals surface area contributed by atoms with Gasteiger partial charge in [-0.25, -0.2) is 9.97 Å². The van der Waals surface area contributed by atoms with Crippen molar-refractivity contribution in [2.45, 2.75) is 40.0 Å². The van der Waals surface area contributed by atoms with Crippen molar-refractivity contribution in [3.63, 3.8) is 0 Å². The van der Waals surface area contributed by atoms with Crippen LogP contribution >= 0.6 is 15.9 Å². The average molecular weight is 286 g/mol. The van der Waals surface area contributed by atoms with E-state index in [0.29, 0.717) is 0 Å². The van der Waals surface area contributed by atoms with E-state index in [2.05, 4.69) is 45.1 Å². The Morgan fingerprint density at radius 2 is 2.06 bits per heavy atom. The van der Waals surface area contributed by atoms with Gasteiger partial charge in [-0.1, -0.05) is 26.7 Å². The lowest BCUT2D eigenvalue weighted by Gasteiger charge is -2.07. The Morgan fingerprint density at radius 3 is 2.69 bits per heavy atom. The van der Waals surface area contributed by atoms with Crippen molar-refractivity contribution in [3.05, 3.63) is 16.5 Å². The van der Waals surface area contributed by atoms with Crippen LogP contribution in [-0.2, 0) is 0 Å². The third-order valence-electron chi connectivity index (χ3n) is 2.32. The Labute approximate surface area is 106 Å². The molecular weight excluding hydrogens is 266 g/mol. The lowest BCUT2D eigenvalue weighted by Crippen LogP contribution is -2.05. The Kier molecular flexibility index (Phi) is 5.74. The molecule has 1 rings (SSSR count). The standard InChI is InChI=1S/C12H20BrN3/c1-9(2)6-4-5-7-14-12-8-11(13)15-10(3)16-12/h8-9H,4-7H2,1-3H3,(H,14,15,16). The molecule has 0 atom stereocenters. The first-order chi connectivity index (χ1) is 7.58. The summed E-state index contributed by atoms with van der Waals surface area (Å²) in [7, 11) is 0. The number of aryl methyl sites for hydroxylation is 1. The topological polar surface area (TPSA) is 37.8 Å². The van der Waals surface area contributed by atoms with Crippen LogP contribution in [-0.4, -0.2) is 16.5 Å². The van der Waals surface area contributed by atoms with Crippen LogP contribution in [0.5, 0.6) is 0 Å². The van der Waals surface area contributed by atoms with Crippen molar-refractivity contribution in [2.75, 3.05) is 11.9 Å². The van der Waals surface area contributed by atoms with Gasteiger partial charge in [-0.15, -0.1) is 0 Å². The fourth-order valence-electron chi connectivity index (χ4n) is 1.52. The Balaban J connectivity index is 2.26. The fourth-order valence-corrected chi connectivity index (χ4v) is 1.99. The highest BCUT2D eigenvalue weighted by atomic mass is 79.9. The molecule has 1 aromatic rings. The molecule has 16 heavy (non-hydrogen) atoms. The van der Waals surface area contributed by atoms with E-state index in [-0.39, 0.29) is 0 Å². The second-order valence-corrected chi connectivity index (χ2v) is 5.25. The molecule has 0 aliphatic rings. The van der Waals surface area contributed by atoms with Crippen molar-refractivity contribution in [1.29, 1.82) is 0 Å². The first-order valence-electron chi connectivity index (χ1n) is 5.83. The van der Waals surface area contributed by atoms with Crippen molar-refractivity contribution < 1.29 is 0 Å². The largest absolute Gasteiger partial charge is 0.370 e. The lowest BCUT2D eigenvalue weighted by atomic mass is 10.1. The summed E-state index contributed by atoms with van der Waals surface area (Å²) in [4.78, 5) is 8.48. The van der Waals surface area contributed by atoms with Crippen LogP contribution in [0.1, 0.15) is 38.9 Å². The Bertz CT molecular complexity index is 306. The Morgan fingerprint density at radius 1 is 1.31 bits per heavy atom. The van der Waals surface area contributed by atoms with Crippen molar-refractivity contribution in [3.8, 4) is 0 Å². The van der Waals surface area contributed by atoms with E-state index < -0.39 is 0 Å². The highest BCUT2D eigenvalue weighted by Crippen LogP contribution is 2.12. The normalized spacial score (nSPS) is 10.8. The third kappa shape index (κ3) is 5.45. The number of halogens is 1. The molecular formula is C12H20BrN3. The predicted molar refractivity (Wildman–Crippen MR) is 71.6 cm³/mol. The highest BCUT2D eigenvalue weighted by molar-refractivity contribution is 9.10. The molecule has 0 aliphatic heterocycles. The summed E-state index contributed by atoms with van der Waals surface area (Å²) in [5.41, 5.74) is 0. The van der Waals surface area contributed by atoms with Crippen LogP contribution in [0, 0.1) is 12.8 Å². The van der Waals surface area contributed by atoms with Crippen molar-refractivity contribution >= 4 is 21.7 Å². The molecule has 0 spiro atoms. The van der Waals surface area contributed by atoms with E-state index in [4.69, 9.17) is 0 Å². The minimum absolute atomic E-state index is 0.791. The molecule has 0 amide bonds. The van der Waals surface area contributed by atoms with Crippen molar-refractivity contribution in [1.82, 2.24) is 9.97 Å². The monoisotopic (exact) mass is 285 g/mol. The SMILES string of the molecule is Cc1nc(Br)cc(NCCCCC(C)C)n1. The van der Waals surface area contributed by atoms with Gasteiger partial charge in [-0.2, -0.15) is 0 Å². The zero-order valence-electron chi connectivity index (χ0n) is 10.3. The molecule has 4 heteroatoms. The minimum Gasteiger partial charge on any atom is -0.370 e. The van der Waals surface area contributed by atoms with E-state index in [1.165, 1.54) is 19.3 Å². The molecule has 0 saturated carbocycles. The number of anilines is 1. The second kappa shape index (κ2) is 6.84. The molecule has 0 aromatic carbocycles. The van der Waals surface area contributed by atoms with Gasteiger partial charge in [0.25, 0.3) is 0 Å². The maximum atomic E-state index is 4.31. The summed E-state index contributed by atoms with van der Waals surface area (Å²) < 4.78 is 0.838. The summed E-state index contributed by atoms with van der Waals surface area (Å²) in [5.74, 6) is 2.50. The zero-order valence-corrected chi connectivity index (χ0v) is 11.8. The molecule has 0 aliphatic carbocycles. The number of rotatable bonds is 6. The van der Waals surface area contributed by atoms with Gasteiger partial charge in [0.15, 0.2) is 0 Å². The van der Waals surface area contributed by atoms with E-state index in [1.807, 2.05) is 13.0 Å². The van der Waals surface area contributed by atoms with Gasteiger partial charge in [0.2, 0.25) is 0 Å². The highest BCUT2D eigenvalue weighted by Gasteiger charge is 1.99. The van der Waals surface area contributed by atoms with Crippen LogP contribution in [0.15, 0.2) is 10.7 Å². The summed E-state index contributed by atoms with van der Waals surface area (Å²) in [6, 6.07) is 1.91. The molecule has 90 valence electrons. The van der Waals surface area contributed by atoms with Crippen molar-refractivity contribution in [2.24, 2.45) is 5.92 Å². The van der Waals surface area contributed by atoms with Gasteiger partial charge in [-0.3, -0.25) is 0 Å². The van der Waals surface area contributed by atoms with Gasteiger partial charge in [0, 0.05) is 12.6 Å². The van der Waals surface area contributed by atoms with Crippen LogP contribution in [0.25, 0.3) is 0 Å². The summed E-state index contributed by atoms with van der Waals surface area (Å²) >= 11 is 3.36. The molecule has 0 fully saturated rings. The van der Waals surface area contributed by atoms with Gasteiger partial charge in [0.1, 0.15) is 16.2 Å². The molecule has 0 bridgehead atoms. The fraction of sp³-hybridized carbons (Fsp3) is 0.667. The number of nitrogens with one attached hydrogen (secondary N) is 1. The smallest absolute Gasteiger partial charge is 0.130 e. The van der Waals surface area contributed by atoms with E-state index in [1.54, 1.807) is 0 Å². The summed E-state index contributed by atoms with van der Waals surface area (Å²) in [6.45, 7) is 7.40. The first kappa shape index (κ1) is 13.4. The van der Waals surface area contributed by atoms with E-state index >= 15 is 0 Å². The van der Waals surface area contributed by atoms with E-state index in [9.17, 15) is 0 Å². The lowest BCUT2D eigenvalue weighted by molar-refractivity contribution is 0.544. The number of unbranched alkanes of at least 4 members (excludes halogenated alkanes) is 1. The summed E-state index contributed by atoms with van der Waals surface area (Å²) in [6.07, 6.45) is 3.77. The molecule has 0 unspecified atom stereocenters. The maximum Gasteiger partial charge on any atom is 0.130 e. The van der Waals surface area contributed by atoms with Crippen LogP contribution in [0.2, 0.25) is 0 Å². The zero-order chi connectivity index (χ0) is 12.0. The molecule has 3 nitrogen and oxygen atoms in total. The summed E-state index contributed by atoms with van der Waals surface area (Å²) in [5, 5.41) is 3.32. The average Bonchev–Trinajstić information content (AvgIpc) is 2.15. The van der Waals surface area contributed by atoms with Crippen LogP contribution in [0.4, 0.5) is 5.82 Å². The molecule has 0 radical (unpaired) electrons. The number of nitrogens with zero attached hydrogens (tertiary/aromatic N) is 2. The number of aromatic nitrogens is 2. The Hall–Kier alpha value is -0.640. The third-order valence-corrected chi connectivity index (χ3v) is 2.73. The first-order valence-corrected chi connectivity index (χ1v) is 6.62. The van der Waals surface area contributed by atoms with Gasteiger partial charge in [0.05, 0.1) is 0 Å².